The number of hydrogen-bond acceptors (Lipinski definition) is 5. The Labute approximate surface area is 113 Å². The highest BCUT2D eigenvalue weighted by molar-refractivity contribution is 5.50. The summed E-state index contributed by atoms with van der Waals surface area (Å²) in [6.07, 6.45) is 5.29. The maximum absolute atomic E-state index is 9.03. The number of ether oxygens (including phenoxy) is 1. The molecular formula is C14H20N4O. The number of aryl methyl sites for hydroxylation is 1. The maximum Gasteiger partial charge on any atom is 0.162 e. The molecule has 2 rings (SSSR count). The summed E-state index contributed by atoms with van der Waals surface area (Å²) in [6.45, 7) is 4.40. The van der Waals surface area contributed by atoms with Gasteiger partial charge in [-0.1, -0.05) is 19.3 Å². The van der Waals surface area contributed by atoms with Gasteiger partial charge >= 0.3 is 0 Å². The van der Waals surface area contributed by atoms with Crippen molar-refractivity contribution in [2.24, 2.45) is 0 Å². The first-order chi connectivity index (χ1) is 9.13. The van der Waals surface area contributed by atoms with Crippen molar-refractivity contribution >= 4 is 5.82 Å². The van der Waals surface area contributed by atoms with Gasteiger partial charge in [0, 0.05) is 6.61 Å². The first-order valence-electron chi connectivity index (χ1n) is 6.81. The van der Waals surface area contributed by atoms with Crippen LogP contribution in [0, 0.1) is 18.3 Å². The molecular weight excluding hydrogens is 240 g/mol. The van der Waals surface area contributed by atoms with Gasteiger partial charge in [-0.05, 0) is 26.7 Å². The number of anilines is 1. The van der Waals surface area contributed by atoms with Crippen LogP contribution in [0.2, 0.25) is 0 Å². The highest BCUT2D eigenvalue weighted by Gasteiger charge is 2.38. The van der Waals surface area contributed by atoms with Gasteiger partial charge < -0.3 is 10.5 Å². The van der Waals surface area contributed by atoms with Gasteiger partial charge in [0.05, 0.1) is 5.69 Å². The van der Waals surface area contributed by atoms with Gasteiger partial charge in [0.2, 0.25) is 0 Å². The van der Waals surface area contributed by atoms with E-state index in [0.717, 1.165) is 25.7 Å². The van der Waals surface area contributed by atoms with Gasteiger partial charge in [-0.25, -0.2) is 9.97 Å². The van der Waals surface area contributed by atoms with Crippen molar-refractivity contribution in [1.29, 1.82) is 5.26 Å². The van der Waals surface area contributed by atoms with Gasteiger partial charge in [-0.2, -0.15) is 5.26 Å². The zero-order chi connectivity index (χ0) is 13.9. The lowest BCUT2D eigenvalue weighted by Crippen LogP contribution is -2.35. The van der Waals surface area contributed by atoms with E-state index in [1.54, 1.807) is 6.92 Å². The molecule has 19 heavy (non-hydrogen) atoms. The van der Waals surface area contributed by atoms with E-state index in [1.807, 2.05) is 13.0 Å². The van der Waals surface area contributed by atoms with E-state index < -0.39 is 5.60 Å². The predicted molar refractivity (Wildman–Crippen MR) is 72.3 cm³/mol. The molecule has 0 amide bonds. The quantitative estimate of drug-likeness (QED) is 0.902. The Hall–Kier alpha value is -1.67. The molecule has 1 aliphatic carbocycles. The zero-order valence-electron chi connectivity index (χ0n) is 11.6. The Morgan fingerprint density at radius 3 is 2.53 bits per heavy atom. The first kappa shape index (κ1) is 13.8. The largest absolute Gasteiger partial charge is 0.382 e. The van der Waals surface area contributed by atoms with Crippen LogP contribution in [0.4, 0.5) is 5.82 Å². The molecule has 0 bridgehead atoms. The van der Waals surface area contributed by atoms with Gasteiger partial charge in [0.15, 0.2) is 5.82 Å². The fourth-order valence-electron chi connectivity index (χ4n) is 2.77. The zero-order valence-corrected chi connectivity index (χ0v) is 11.6. The molecule has 1 aromatic heterocycles. The average molecular weight is 260 g/mol. The maximum atomic E-state index is 9.03. The second kappa shape index (κ2) is 5.54. The molecule has 0 atom stereocenters. The molecule has 0 saturated heterocycles. The SMILES string of the molecule is CCOC1(c2nc(C)c(C#N)c(N)n2)CCCCC1. The average Bonchev–Trinajstić information content (AvgIpc) is 2.40. The normalized spacial score (nSPS) is 17.9. The minimum absolute atomic E-state index is 0.259. The highest BCUT2D eigenvalue weighted by atomic mass is 16.5. The number of nitrogen functional groups attached to an aromatic ring is 1. The summed E-state index contributed by atoms with van der Waals surface area (Å²) in [5, 5.41) is 9.03. The summed E-state index contributed by atoms with van der Waals surface area (Å²) in [7, 11) is 0. The van der Waals surface area contributed by atoms with Crippen molar-refractivity contribution in [3.8, 4) is 6.07 Å². The molecule has 2 N–H and O–H groups in total. The number of nitriles is 1. The van der Waals surface area contributed by atoms with E-state index in [-0.39, 0.29) is 5.82 Å². The second-order valence-corrected chi connectivity index (χ2v) is 4.99. The molecule has 102 valence electrons. The van der Waals surface area contributed by atoms with Crippen LogP contribution in [0.3, 0.4) is 0 Å². The Kier molecular flexibility index (Phi) is 4.01. The lowest BCUT2D eigenvalue weighted by atomic mass is 9.83. The Morgan fingerprint density at radius 1 is 1.32 bits per heavy atom. The van der Waals surface area contributed by atoms with Crippen molar-refractivity contribution in [2.75, 3.05) is 12.3 Å². The van der Waals surface area contributed by atoms with Crippen LogP contribution in [0.15, 0.2) is 0 Å². The molecule has 5 heteroatoms. The molecule has 1 aromatic rings. The van der Waals surface area contributed by atoms with Crippen LogP contribution >= 0.6 is 0 Å². The molecule has 0 aromatic carbocycles. The van der Waals surface area contributed by atoms with E-state index in [9.17, 15) is 0 Å². The van der Waals surface area contributed by atoms with Gasteiger partial charge in [-0.3, -0.25) is 0 Å². The third-order valence-corrected chi connectivity index (χ3v) is 3.72. The van der Waals surface area contributed by atoms with Crippen LogP contribution in [0.5, 0.6) is 0 Å². The topological polar surface area (TPSA) is 84.8 Å². The summed E-state index contributed by atoms with van der Waals surface area (Å²) in [4.78, 5) is 8.82. The van der Waals surface area contributed by atoms with Gasteiger partial charge in [0.25, 0.3) is 0 Å². The molecule has 5 nitrogen and oxygen atoms in total. The Morgan fingerprint density at radius 2 is 2.00 bits per heavy atom. The summed E-state index contributed by atoms with van der Waals surface area (Å²) in [5.41, 5.74) is 6.45. The fourth-order valence-corrected chi connectivity index (χ4v) is 2.77. The number of rotatable bonds is 3. The van der Waals surface area contributed by atoms with Gasteiger partial charge in [-0.15, -0.1) is 0 Å². The first-order valence-corrected chi connectivity index (χ1v) is 6.81. The smallest absolute Gasteiger partial charge is 0.162 e. The summed E-state index contributed by atoms with van der Waals surface area (Å²) >= 11 is 0. The molecule has 1 aliphatic rings. The third kappa shape index (κ3) is 2.54. The Bertz CT molecular complexity index is 472. The minimum Gasteiger partial charge on any atom is -0.382 e. The molecule has 0 radical (unpaired) electrons. The molecule has 0 unspecified atom stereocenters. The van der Waals surface area contributed by atoms with E-state index in [2.05, 4.69) is 9.97 Å². The molecule has 1 fully saturated rings. The predicted octanol–water partition coefficient (Wildman–Crippen LogP) is 2.43. The fraction of sp³-hybridized carbons (Fsp3) is 0.643. The third-order valence-electron chi connectivity index (χ3n) is 3.72. The lowest BCUT2D eigenvalue weighted by Gasteiger charge is -2.35. The summed E-state index contributed by atoms with van der Waals surface area (Å²) < 4.78 is 5.98. The van der Waals surface area contributed by atoms with Gasteiger partial charge in [0.1, 0.15) is 23.1 Å². The standard InChI is InChI=1S/C14H20N4O/c1-3-19-14(7-5-4-6-8-14)13-17-10(2)11(9-15)12(16)18-13/h3-8H2,1-2H3,(H2,16,17,18). The van der Waals surface area contributed by atoms with Crippen molar-refractivity contribution in [3.63, 3.8) is 0 Å². The Balaban J connectivity index is 2.45. The van der Waals surface area contributed by atoms with Crippen molar-refractivity contribution in [2.45, 2.75) is 51.6 Å². The number of hydrogen-bond donors (Lipinski definition) is 1. The highest BCUT2D eigenvalue weighted by Crippen LogP contribution is 2.39. The molecule has 1 saturated carbocycles. The van der Waals surface area contributed by atoms with E-state index in [1.165, 1.54) is 6.42 Å². The van der Waals surface area contributed by atoms with Crippen molar-refractivity contribution < 1.29 is 4.74 Å². The van der Waals surface area contributed by atoms with Crippen LogP contribution in [0.1, 0.15) is 56.1 Å². The van der Waals surface area contributed by atoms with Crippen LogP contribution in [-0.4, -0.2) is 16.6 Å². The van der Waals surface area contributed by atoms with E-state index >= 15 is 0 Å². The lowest BCUT2D eigenvalue weighted by molar-refractivity contribution is -0.0767. The second-order valence-electron chi connectivity index (χ2n) is 4.99. The van der Waals surface area contributed by atoms with Crippen molar-refractivity contribution in [3.05, 3.63) is 17.1 Å². The summed E-state index contributed by atoms with van der Waals surface area (Å²) in [5.74, 6) is 0.901. The van der Waals surface area contributed by atoms with Crippen LogP contribution in [-0.2, 0) is 10.3 Å². The minimum atomic E-state index is -0.417. The summed E-state index contributed by atoms with van der Waals surface area (Å²) in [6, 6.07) is 2.05. The van der Waals surface area contributed by atoms with Crippen LogP contribution in [0.25, 0.3) is 0 Å². The van der Waals surface area contributed by atoms with E-state index in [4.69, 9.17) is 15.7 Å². The van der Waals surface area contributed by atoms with Crippen molar-refractivity contribution in [1.82, 2.24) is 9.97 Å². The monoisotopic (exact) mass is 260 g/mol. The number of aromatic nitrogens is 2. The molecule has 0 spiro atoms. The number of nitrogens with zero attached hydrogens (tertiary/aromatic N) is 3. The van der Waals surface area contributed by atoms with E-state index in [0.29, 0.717) is 23.7 Å². The van der Waals surface area contributed by atoms with Crippen LogP contribution < -0.4 is 5.73 Å². The number of nitrogens with two attached hydrogens (primary N) is 1. The molecule has 0 aliphatic heterocycles. The molecule has 1 heterocycles.